The zero-order valence-corrected chi connectivity index (χ0v) is 11.8. The van der Waals surface area contributed by atoms with Gasteiger partial charge in [-0.15, -0.1) is 0 Å². The van der Waals surface area contributed by atoms with Crippen molar-refractivity contribution in [2.45, 2.75) is 6.92 Å². The van der Waals surface area contributed by atoms with Gasteiger partial charge in [0.2, 0.25) is 5.91 Å². The van der Waals surface area contributed by atoms with Crippen molar-refractivity contribution in [2.75, 3.05) is 10.6 Å². The van der Waals surface area contributed by atoms with E-state index in [-0.39, 0.29) is 16.8 Å². The highest BCUT2D eigenvalue weighted by molar-refractivity contribution is 9.09. The molecule has 2 N–H and O–H groups in total. The molecule has 19 heavy (non-hydrogen) atoms. The number of H-pyrrole nitrogens is 1. The number of aromatic nitrogens is 2. The number of rotatable bonds is 3. The summed E-state index contributed by atoms with van der Waals surface area (Å²) in [6.07, 6.45) is 0. The van der Waals surface area contributed by atoms with Crippen molar-refractivity contribution in [2.24, 2.45) is 0 Å². The summed E-state index contributed by atoms with van der Waals surface area (Å²) in [6.45, 7) is 1.83. The molecule has 0 radical (unpaired) electrons. The number of alkyl halides is 1. The van der Waals surface area contributed by atoms with Gasteiger partial charge in [0.15, 0.2) is 0 Å². The van der Waals surface area contributed by atoms with Gasteiger partial charge in [-0.3, -0.25) is 9.59 Å². The average molecular weight is 322 g/mol. The molecule has 5 nitrogen and oxygen atoms in total. The molecule has 1 amide bonds. The molecule has 0 saturated carbocycles. The summed E-state index contributed by atoms with van der Waals surface area (Å²) >= 11 is 3.08. The summed E-state index contributed by atoms with van der Waals surface area (Å²) in [7, 11) is 0. The summed E-state index contributed by atoms with van der Waals surface area (Å²) < 4.78 is 0. The van der Waals surface area contributed by atoms with Gasteiger partial charge < -0.3 is 5.32 Å². The van der Waals surface area contributed by atoms with E-state index in [9.17, 15) is 9.59 Å². The number of amides is 1. The van der Waals surface area contributed by atoms with Crippen LogP contribution < -0.4 is 10.9 Å². The Morgan fingerprint density at radius 3 is 2.63 bits per heavy atom. The van der Waals surface area contributed by atoms with E-state index in [1.807, 2.05) is 19.1 Å². The van der Waals surface area contributed by atoms with Crippen molar-refractivity contribution in [1.29, 1.82) is 0 Å². The lowest BCUT2D eigenvalue weighted by atomic mass is 10.1. The first-order valence-corrected chi connectivity index (χ1v) is 6.75. The van der Waals surface area contributed by atoms with Crippen molar-refractivity contribution >= 4 is 27.5 Å². The number of anilines is 1. The fourth-order valence-electron chi connectivity index (χ4n) is 1.69. The Morgan fingerprint density at radius 1 is 1.37 bits per heavy atom. The Labute approximate surface area is 118 Å². The number of carbonyl (C=O) groups excluding carboxylic acids is 1. The monoisotopic (exact) mass is 321 g/mol. The van der Waals surface area contributed by atoms with Crippen LogP contribution in [0.2, 0.25) is 0 Å². The molecule has 2 aromatic rings. The highest BCUT2D eigenvalue weighted by Crippen LogP contribution is 2.21. The Morgan fingerprint density at radius 2 is 2.05 bits per heavy atom. The second-order valence-electron chi connectivity index (χ2n) is 4.02. The van der Waals surface area contributed by atoms with Crippen LogP contribution in [0.15, 0.2) is 35.1 Å². The predicted octanol–water partition coefficient (Wildman–Crippen LogP) is 2.08. The van der Waals surface area contributed by atoms with Crippen LogP contribution in [0.1, 0.15) is 5.56 Å². The molecule has 1 heterocycles. The van der Waals surface area contributed by atoms with E-state index in [1.165, 1.54) is 6.07 Å². The molecule has 1 aromatic carbocycles. The number of benzene rings is 1. The summed E-state index contributed by atoms with van der Waals surface area (Å²) in [5.41, 5.74) is 2.90. The van der Waals surface area contributed by atoms with E-state index < -0.39 is 0 Å². The van der Waals surface area contributed by atoms with Gasteiger partial charge in [-0.1, -0.05) is 28.1 Å². The zero-order chi connectivity index (χ0) is 13.8. The standard InChI is InChI=1S/C13H12BrN3O2/c1-8-6-11(18)16-17-13(8)9-2-4-10(5-3-9)15-12(19)7-14/h2-6H,7H2,1H3,(H,15,19)(H,16,18). The van der Waals surface area contributed by atoms with E-state index in [0.29, 0.717) is 0 Å². The second-order valence-corrected chi connectivity index (χ2v) is 4.58. The Hall–Kier alpha value is -1.95. The van der Waals surface area contributed by atoms with Crippen molar-refractivity contribution in [3.63, 3.8) is 0 Å². The van der Waals surface area contributed by atoms with Gasteiger partial charge in [0.05, 0.1) is 11.0 Å². The van der Waals surface area contributed by atoms with Gasteiger partial charge in [-0.2, -0.15) is 5.10 Å². The number of hydrogen-bond donors (Lipinski definition) is 2. The minimum Gasteiger partial charge on any atom is -0.325 e. The average Bonchev–Trinajstić information content (AvgIpc) is 2.40. The number of halogens is 1. The van der Waals surface area contributed by atoms with Gasteiger partial charge in [-0.05, 0) is 24.6 Å². The number of carbonyl (C=O) groups is 1. The third kappa shape index (κ3) is 3.29. The van der Waals surface area contributed by atoms with Crippen molar-refractivity contribution in [1.82, 2.24) is 10.2 Å². The SMILES string of the molecule is Cc1cc(=O)[nH]nc1-c1ccc(NC(=O)CBr)cc1. The largest absolute Gasteiger partial charge is 0.325 e. The number of hydrogen-bond acceptors (Lipinski definition) is 3. The Kier molecular flexibility index (Phi) is 4.11. The molecule has 6 heteroatoms. The van der Waals surface area contributed by atoms with Crippen LogP contribution >= 0.6 is 15.9 Å². The quantitative estimate of drug-likeness (QED) is 0.850. The van der Waals surface area contributed by atoms with Crippen LogP contribution in [0, 0.1) is 6.92 Å². The molecular formula is C13H12BrN3O2. The number of aryl methyl sites for hydroxylation is 1. The number of nitrogens with one attached hydrogen (secondary N) is 2. The molecule has 0 aliphatic heterocycles. The normalized spacial score (nSPS) is 10.2. The van der Waals surface area contributed by atoms with Crippen molar-refractivity contribution in [3.05, 3.63) is 46.2 Å². The van der Waals surface area contributed by atoms with E-state index in [0.717, 1.165) is 22.5 Å². The molecule has 0 aliphatic rings. The van der Waals surface area contributed by atoms with Crippen LogP contribution in [0.4, 0.5) is 5.69 Å². The topological polar surface area (TPSA) is 74.8 Å². The highest BCUT2D eigenvalue weighted by Gasteiger charge is 2.05. The summed E-state index contributed by atoms with van der Waals surface area (Å²) in [5.74, 6) is -0.105. The minimum absolute atomic E-state index is 0.105. The van der Waals surface area contributed by atoms with Crippen LogP contribution in [-0.4, -0.2) is 21.4 Å². The fraction of sp³-hybridized carbons (Fsp3) is 0.154. The van der Waals surface area contributed by atoms with Crippen molar-refractivity contribution in [3.8, 4) is 11.3 Å². The molecule has 0 unspecified atom stereocenters. The van der Waals surface area contributed by atoms with Gasteiger partial charge in [0.25, 0.3) is 5.56 Å². The van der Waals surface area contributed by atoms with E-state index >= 15 is 0 Å². The van der Waals surface area contributed by atoms with Gasteiger partial charge in [-0.25, -0.2) is 5.10 Å². The number of nitrogens with zero attached hydrogens (tertiary/aromatic N) is 1. The molecule has 98 valence electrons. The molecule has 0 bridgehead atoms. The molecule has 0 saturated heterocycles. The van der Waals surface area contributed by atoms with Crippen LogP contribution in [-0.2, 0) is 4.79 Å². The lowest BCUT2D eigenvalue weighted by Gasteiger charge is -2.06. The third-order valence-electron chi connectivity index (χ3n) is 2.56. The first kappa shape index (κ1) is 13.5. The highest BCUT2D eigenvalue weighted by atomic mass is 79.9. The Bertz CT molecular complexity index is 650. The zero-order valence-electron chi connectivity index (χ0n) is 10.2. The summed E-state index contributed by atoms with van der Waals surface area (Å²) in [6, 6.07) is 8.78. The van der Waals surface area contributed by atoms with Gasteiger partial charge in [0, 0.05) is 17.3 Å². The van der Waals surface area contributed by atoms with Crippen LogP contribution in [0.25, 0.3) is 11.3 Å². The molecule has 2 rings (SSSR count). The van der Waals surface area contributed by atoms with E-state index in [1.54, 1.807) is 12.1 Å². The maximum atomic E-state index is 11.2. The first-order chi connectivity index (χ1) is 9.10. The Balaban J connectivity index is 2.27. The molecule has 0 spiro atoms. The molecule has 0 aliphatic carbocycles. The lowest BCUT2D eigenvalue weighted by molar-refractivity contribution is -0.113. The van der Waals surface area contributed by atoms with E-state index in [4.69, 9.17) is 0 Å². The van der Waals surface area contributed by atoms with Gasteiger partial charge >= 0.3 is 0 Å². The smallest absolute Gasteiger partial charge is 0.264 e. The van der Waals surface area contributed by atoms with Crippen LogP contribution in [0.3, 0.4) is 0 Å². The molecule has 0 fully saturated rings. The first-order valence-electron chi connectivity index (χ1n) is 5.62. The number of aromatic amines is 1. The molecular weight excluding hydrogens is 310 g/mol. The molecule has 0 atom stereocenters. The maximum Gasteiger partial charge on any atom is 0.264 e. The summed E-state index contributed by atoms with van der Waals surface area (Å²) in [4.78, 5) is 22.3. The lowest BCUT2D eigenvalue weighted by Crippen LogP contribution is -2.12. The molecule has 1 aromatic heterocycles. The fourth-order valence-corrected chi connectivity index (χ4v) is 1.83. The van der Waals surface area contributed by atoms with Crippen LogP contribution in [0.5, 0.6) is 0 Å². The second kappa shape index (κ2) is 5.79. The minimum atomic E-state index is -0.220. The van der Waals surface area contributed by atoms with Gasteiger partial charge in [0.1, 0.15) is 0 Å². The van der Waals surface area contributed by atoms with E-state index in [2.05, 4.69) is 31.4 Å². The summed E-state index contributed by atoms with van der Waals surface area (Å²) in [5, 5.41) is 9.43. The maximum absolute atomic E-state index is 11.2. The van der Waals surface area contributed by atoms with Crippen molar-refractivity contribution < 1.29 is 4.79 Å². The predicted molar refractivity (Wildman–Crippen MR) is 77.5 cm³/mol. The third-order valence-corrected chi connectivity index (χ3v) is 3.07.